The summed E-state index contributed by atoms with van der Waals surface area (Å²) in [4.78, 5) is 14.5. The molecule has 0 spiro atoms. The van der Waals surface area contributed by atoms with E-state index in [1.165, 1.54) is 17.0 Å². The van der Waals surface area contributed by atoms with Crippen LogP contribution >= 0.6 is 0 Å². The van der Waals surface area contributed by atoms with Gasteiger partial charge in [-0.3, -0.25) is 4.79 Å². The van der Waals surface area contributed by atoms with Gasteiger partial charge in [-0.2, -0.15) is 13.2 Å². The van der Waals surface area contributed by atoms with Crippen molar-refractivity contribution >= 4 is 15.9 Å². The van der Waals surface area contributed by atoms with Gasteiger partial charge in [-0.05, 0) is 31.9 Å². The van der Waals surface area contributed by atoms with Crippen LogP contribution in [0.1, 0.15) is 41.4 Å². The molecule has 2 aromatic rings. The molecule has 1 saturated heterocycles. The van der Waals surface area contributed by atoms with Crippen molar-refractivity contribution in [2.45, 2.75) is 38.9 Å². The van der Waals surface area contributed by atoms with Crippen molar-refractivity contribution in [3.05, 3.63) is 41.2 Å². The molecule has 7 nitrogen and oxygen atoms in total. The van der Waals surface area contributed by atoms with Crippen LogP contribution in [-0.2, 0) is 16.2 Å². The number of hydrogen-bond donors (Lipinski definition) is 1. The lowest BCUT2D eigenvalue weighted by atomic mass is 10.0. The van der Waals surface area contributed by atoms with Gasteiger partial charge in [0.05, 0.1) is 11.3 Å². The fourth-order valence-corrected chi connectivity index (χ4v) is 4.77. The van der Waals surface area contributed by atoms with Crippen molar-refractivity contribution in [1.82, 2.24) is 14.8 Å². The monoisotopic (exact) mass is 445 g/mol. The third-order valence-corrected chi connectivity index (χ3v) is 6.49. The zero-order valence-electron chi connectivity index (χ0n) is 16.5. The number of nitrogens with zero attached hydrogens (tertiary/aromatic N) is 2. The van der Waals surface area contributed by atoms with Crippen LogP contribution in [0.2, 0.25) is 0 Å². The van der Waals surface area contributed by atoms with Crippen molar-refractivity contribution in [2.75, 3.05) is 18.8 Å². The maximum atomic E-state index is 13.1. The average Bonchev–Trinajstić information content (AvgIpc) is 3.26. The van der Waals surface area contributed by atoms with Crippen molar-refractivity contribution in [3.63, 3.8) is 0 Å². The number of alkyl halides is 3. The SMILES string of the molecule is CCCS(=O)(=O)NC1CCN(C(=O)c2c(-c3ccc(C(F)(F)F)cc3)noc2C)C1. The summed E-state index contributed by atoms with van der Waals surface area (Å²) in [6.07, 6.45) is -3.51. The highest BCUT2D eigenvalue weighted by Gasteiger charge is 2.34. The van der Waals surface area contributed by atoms with Gasteiger partial charge in [0.2, 0.25) is 10.0 Å². The van der Waals surface area contributed by atoms with Gasteiger partial charge in [0.1, 0.15) is 17.0 Å². The van der Waals surface area contributed by atoms with Crippen LogP contribution in [0.25, 0.3) is 11.3 Å². The molecule has 1 unspecified atom stereocenters. The summed E-state index contributed by atoms with van der Waals surface area (Å²) < 4.78 is 70.1. The van der Waals surface area contributed by atoms with Gasteiger partial charge in [-0.25, -0.2) is 13.1 Å². The van der Waals surface area contributed by atoms with E-state index in [9.17, 15) is 26.4 Å². The molecule has 1 N–H and O–H groups in total. The van der Waals surface area contributed by atoms with Gasteiger partial charge in [0.25, 0.3) is 5.91 Å². The van der Waals surface area contributed by atoms with E-state index < -0.39 is 27.7 Å². The molecule has 0 bridgehead atoms. The number of hydrogen-bond acceptors (Lipinski definition) is 5. The largest absolute Gasteiger partial charge is 0.416 e. The number of rotatable bonds is 6. The first-order chi connectivity index (χ1) is 14.0. The smallest absolute Gasteiger partial charge is 0.360 e. The first-order valence-corrected chi connectivity index (χ1v) is 11.1. The summed E-state index contributed by atoms with van der Waals surface area (Å²) in [5.74, 6) is -0.147. The van der Waals surface area contributed by atoms with Crippen molar-refractivity contribution in [3.8, 4) is 11.3 Å². The van der Waals surface area contributed by atoms with Gasteiger partial charge in [-0.1, -0.05) is 24.2 Å². The van der Waals surface area contributed by atoms with E-state index in [0.29, 0.717) is 24.9 Å². The van der Waals surface area contributed by atoms with Crippen LogP contribution < -0.4 is 4.72 Å². The lowest BCUT2D eigenvalue weighted by molar-refractivity contribution is -0.137. The number of amides is 1. The number of benzene rings is 1. The maximum Gasteiger partial charge on any atom is 0.416 e. The highest BCUT2D eigenvalue weighted by atomic mass is 32.2. The molecule has 1 aliphatic heterocycles. The summed E-state index contributed by atoms with van der Waals surface area (Å²) >= 11 is 0. The number of carbonyl (C=O) groups excluding carboxylic acids is 1. The Hall–Kier alpha value is -2.40. The van der Waals surface area contributed by atoms with Gasteiger partial charge >= 0.3 is 6.18 Å². The second-order valence-electron chi connectivity index (χ2n) is 7.21. The Labute approximate surface area is 172 Å². The normalized spacial score (nSPS) is 17.5. The molecule has 164 valence electrons. The summed E-state index contributed by atoms with van der Waals surface area (Å²) in [5.41, 5.74) is -0.170. The van der Waals surface area contributed by atoms with Crippen LogP contribution in [0.15, 0.2) is 28.8 Å². The summed E-state index contributed by atoms with van der Waals surface area (Å²) in [6, 6.07) is 3.93. The zero-order chi connectivity index (χ0) is 22.1. The van der Waals surface area contributed by atoms with E-state index >= 15 is 0 Å². The Morgan fingerprint density at radius 1 is 1.30 bits per heavy atom. The number of carbonyl (C=O) groups is 1. The molecule has 2 heterocycles. The molecule has 0 radical (unpaired) electrons. The Kier molecular flexibility index (Phi) is 6.23. The fraction of sp³-hybridized carbons (Fsp3) is 0.474. The molecule has 11 heteroatoms. The molecule has 1 atom stereocenters. The Morgan fingerprint density at radius 2 is 1.97 bits per heavy atom. The quantitative estimate of drug-likeness (QED) is 0.737. The van der Waals surface area contributed by atoms with Gasteiger partial charge in [-0.15, -0.1) is 0 Å². The van der Waals surface area contributed by atoms with Crippen LogP contribution in [0, 0.1) is 6.92 Å². The summed E-state index contributed by atoms with van der Waals surface area (Å²) in [7, 11) is -3.40. The number of aromatic nitrogens is 1. The van der Waals surface area contributed by atoms with Crippen LogP contribution in [0.3, 0.4) is 0 Å². The molecule has 0 saturated carbocycles. The Bertz CT molecular complexity index is 1020. The van der Waals surface area contributed by atoms with Gasteiger partial charge < -0.3 is 9.42 Å². The van der Waals surface area contributed by atoms with E-state index in [0.717, 1.165) is 12.1 Å². The summed E-state index contributed by atoms with van der Waals surface area (Å²) in [5, 5.41) is 3.86. The van der Waals surface area contributed by atoms with Crippen LogP contribution in [0.5, 0.6) is 0 Å². The predicted octanol–water partition coefficient (Wildman–Crippen LogP) is 3.21. The number of likely N-dealkylation sites (tertiary alicyclic amines) is 1. The fourth-order valence-electron chi connectivity index (χ4n) is 3.42. The highest BCUT2D eigenvalue weighted by molar-refractivity contribution is 7.89. The zero-order valence-corrected chi connectivity index (χ0v) is 17.3. The van der Waals surface area contributed by atoms with Crippen LogP contribution in [-0.4, -0.2) is 49.3 Å². The van der Waals surface area contributed by atoms with E-state index in [-0.39, 0.29) is 35.4 Å². The highest BCUT2D eigenvalue weighted by Crippen LogP contribution is 2.32. The molecule has 1 aromatic carbocycles. The summed E-state index contributed by atoms with van der Waals surface area (Å²) in [6.45, 7) is 3.85. The van der Waals surface area contributed by atoms with E-state index in [2.05, 4.69) is 9.88 Å². The molecule has 1 aromatic heterocycles. The van der Waals surface area contributed by atoms with Crippen molar-refractivity contribution < 1.29 is 30.9 Å². The number of nitrogens with one attached hydrogen (secondary N) is 1. The number of halogens is 3. The first kappa shape index (κ1) is 22.3. The molecule has 1 fully saturated rings. The van der Waals surface area contributed by atoms with Crippen molar-refractivity contribution in [2.24, 2.45) is 0 Å². The predicted molar refractivity (Wildman–Crippen MR) is 103 cm³/mol. The minimum Gasteiger partial charge on any atom is -0.360 e. The Balaban J connectivity index is 1.79. The molecule has 1 amide bonds. The second kappa shape index (κ2) is 8.38. The van der Waals surface area contributed by atoms with E-state index in [4.69, 9.17) is 4.52 Å². The minimum absolute atomic E-state index is 0.0142. The topological polar surface area (TPSA) is 92.5 Å². The first-order valence-electron chi connectivity index (χ1n) is 9.45. The number of aryl methyl sites for hydroxylation is 1. The lowest BCUT2D eigenvalue weighted by Crippen LogP contribution is -2.39. The molecule has 30 heavy (non-hydrogen) atoms. The lowest BCUT2D eigenvalue weighted by Gasteiger charge is -2.17. The van der Waals surface area contributed by atoms with E-state index in [1.54, 1.807) is 13.8 Å². The second-order valence-corrected chi connectivity index (χ2v) is 9.08. The minimum atomic E-state index is -4.47. The van der Waals surface area contributed by atoms with Gasteiger partial charge in [0, 0.05) is 24.7 Å². The van der Waals surface area contributed by atoms with Gasteiger partial charge in [0.15, 0.2) is 0 Å². The molecule has 1 aliphatic rings. The molecule has 3 rings (SSSR count). The molecule has 0 aliphatic carbocycles. The maximum absolute atomic E-state index is 13.1. The van der Waals surface area contributed by atoms with Crippen LogP contribution in [0.4, 0.5) is 13.2 Å². The van der Waals surface area contributed by atoms with Crippen molar-refractivity contribution in [1.29, 1.82) is 0 Å². The standard InChI is InChI=1S/C19H22F3N3O4S/c1-3-10-30(27,28)24-15-8-9-25(11-15)18(26)16-12(2)29-23-17(16)13-4-6-14(7-5-13)19(20,21)22/h4-7,15,24H,3,8-11H2,1-2H3. The number of sulfonamides is 1. The van der Waals surface area contributed by atoms with E-state index in [1.807, 2.05) is 0 Å². The Morgan fingerprint density at radius 3 is 2.57 bits per heavy atom. The molecular formula is C19H22F3N3O4S. The molecular weight excluding hydrogens is 423 g/mol. The third-order valence-electron chi connectivity index (χ3n) is 4.86. The third kappa shape index (κ3) is 4.84. The average molecular weight is 445 g/mol.